The first kappa shape index (κ1) is 10.1. The molecule has 2 heterocycles. The molecule has 0 aliphatic heterocycles. The molecule has 0 spiro atoms. The molecule has 84 valence electrons. The molecule has 17 heavy (non-hydrogen) atoms. The Hall–Kier alpha value is -2.13. The Balaban J connectivity index is 2.04. The van der Waals surface area contributed by atoms with Gasteiger partial charge in [-0.3, -0.25) is 4.98 Å². The maximum absolute atomic E-state index is 10.2. The Morgan fingerprint density at radius 2 is 2.00 bits per heavy atom. The summed E-state index contributed by atoms with van der Waals surface area (Å²) in [6, 6.07) is 13.2. The van der Waals surface area contributed by atoms with E-state index in [4.69, 9.17) is 4.42 Å². The molecule has 0 aliphatic carbocycles. The van der Waals surface area contributed by atoms with Crippen molar-refractivity contribution in [1.29, 1.82) is 0 Å². The summed E-state index contributed by atoms with van der Waals surface area (Å²) >= 11 is 0. The zero-order valence-corrected chi connectivity index (χ0v) is 9.08. The van der Waals surface area contributed by atoms with Gasteiger partial charge in [-0.15, -0.1) is 0 Å². The van der Waals surface area contributed by atoms with Crippen molar-refractivity contribution in [3.05, 3.63) is 66.2 Å². The molecule has 3 nitrogen and oxygen atoms in total. The Labute approximate surface area is 98.3 Å². The van der Waals surface area contributed by atoms with E-state index in [-0.39, 0.29) is 0 Å². The highest BCUT2D eigenvalue weighted by molar-refractivity contribution is 5.77. The summed E-state index contributed by atoms with van der Waals surface area (Å²) in [5.74, 6) is 0.541. The summed E-state index contributed by atoms with van der Waals surface area (Å²) in [6.07, 6.45) is 2.54. The van der Waals surface area contributed by atoms with Crippen LogP contribution in [-0.2, 0) is 0 Å². The minimum absolute atomic E-state index is 0.541. The van der Waals surface area contributed by atoms with Crippen LogP contribution >= 0.6 is 0 Å². The zero-order chi connectivity index (χ0) is 11.7. The first-order valence-electron chi connectivity index (χ1n) is 5.41. The lowest BCUT2D eigenvalue weighted by Gasteiger charge is -2.06. The van der Waals surface area contributed by atoms with Gasteiger partial charge in [0.15, 0.2) is 0 Å². The average molecular weight is 225 g/mol. The molecular weight excluding hydrogens is 214 g/mol. The van der Waals surface area contributed by atoms with Gasteiger partial charge in [-0.2, -0.15) is 0 Å². The minimum atomic E-state index is -0.768. The molecular formula is C14H11NO2. The normalized spacial score (nSPS) is 12.8. The predicted octanol–water partition coefficient (Wildman–Crippen LogP) is 2.91. The second-order valence-electron chi connectivity index (χ2n) is 3.88. The van der Waals surface area contributed by atoms with Gasteiger partial charge >= 0.3 is 0 Å². The number of pyridine rings is 1. The van der Waals surface area contributed by atoms with E-state index in [1.54, 1.807) is 18.5 Å². The number of aliphatic hydroxyl groups is 1. The number of para-hydroxylation sites is 1. The summed E-state index contributed by atoms with van der Waals surface area (Å²) in [5.41, 5.74) is 1.51. The third-order valence-electron chi connectivity index (χ3n) is 2.71. The summed E-state index contributed by atoms with van der Waals surface area (Å²) in [6.45, 7) is 0. The van der Waals surface area contributed by atoms with Gasteiger partial charge in [-0.1, -0.05) is 24.3 Å². The highest BCUT2D eigenvalue weighted by atomic mass is 16.4. The van der Waals surface area contributed by atoms with Crippen molar-refractivity contribution in [1.82, 2.24) is 4.98 Å². The van der Waals surface area contributed by atoms with Crippen LogP contribution in [0.25, 0.3) is 11.0 Å². The Bertz CT molecular complexity index is 598. The lowest BCUT2D eigenvalue weighted by atomic mass is 10.1. The number of rotatable bonds is 2. The Morgan fingerprint density at radius 3 is 2.76 bits per heavy atom. The molecule has 1 aromatic carbocycles. The van der Waals surface area contributed by atoms with Crippen molar-refractivity contribution in [3.8, 4) is 0 Å². The van der Waals surface area contributed by atoms with Crippen molar-refractivity contribution < 1.29 is 9.52 Å². The molecule has 3 rings (SSSR count). The molecule has 0 saturated carbocycles. The molecule has 3 heteroatoms. The van der Waals surface area contributed by atoms with Crippen molar-refractivity contribution >= 4 is 11.0 Å². The molecule has 3 aromatic rings. The number of benzene rings is 1. The lowest BCUT2D eigenvalue weighted by Crippen LogP contribution is -1.97. The van der Waals surface area contributed by atoms with Crippen molar-refractivity contribution in [2.24, 2.45) is 0 Å². The smallest absolute Gasteiger partial charge is 0.138 e. The van der Waals surface area contributed by atoms with E-state index in [1.165, 1.54) is 0 Å². The Morgan fingerprint density at radius 1 is 1.12 bits per heavy atom. The maximum Gasteiger partial charge on any atom is 0.138 e. The van der Waals surface area contributed by atoms with Gasteiger partial charge in [0.1, 0.15) is 17.4 Å². The fourth-order valence-corrected chi connectivity index (χ4v) is 1.84. The van der Waals surface area contributed by atoms with E-state index in [0.29, 0.717) is 5.76 Å². The van der Waals surface area contributed by atoms with Crippen LogP contribution in [-0.4, -0.2) is 10.1 Å². The van der Waals surface area contributed by atoms with Crippen LogP contribution in [0.1, 0.15) is 17.4 Å². The summed E-state index contributed by atoms with van der Waals surface area (Å²) in [4.78, 5) is 3.98. The van der Waals surface area contributed by atoms with E-state index in [0.717, 1.165) is 16.5 Å². The third-order valence-corrected chi connectivity index (χ3v) is 2.71. The van der Waals surface area contributed by atoms with Gasteiger partial charge in [-0.25, -0.2) is 0 Å². The van der Waals surface area contributed by atoms with Gasteiger partial charge in [0.05, 0.1) is 0 Å². The van der Waals surface area contributed by atoms with E-state index in [1.807, 2.05) is 36.4 Å². The van der Waals surface area contributed by atoms with Crippen molar-refractivity contribution in [3.63, 3.8) is 0 Å². The van der Waals surface area contributed by atoms with Gasteiger partial charge in [0.25, 0.3) is 0 Å². The molecule has 0 radical (unpaired) electrons. The molecule has 1 atom stereocenters. The fraction of sp³-hybridized carbons (Fsp3) is 0.0714. The molecule has 0 aliphatic rings. The summed E-state index contributed by atoms with van der Waals surface area (Å²) < 4.78 is 5.61. The number of hydrogen-bond donors (Lipinski definition) is 1. The van der Waals surface area contributed by atoms with Crippen LogP contribution in [0, 0.1) is 0 Å². The van der Waals surface area contributed by atoms with E-state index in [9.17, 15) is 5.11 Å². The predicted molar refractivity (Wildman–Crippen MR) is 64.5 cm³/mol. The molecule has 1 unspecified atom stereocenters. The average Bonchev–Trinajstić information content (AvgIpc) is 2.82. The number of fused-ring (bicyclic) bond motifs is 1. The topological polar surface area (TPSA) is 46.3 Å². The van der Waals surface area contributed by atoms with E-state index < -0.39 is 6.10 Å². The number of hydrogen-bond acceptors (Lipinski definition) is 3. The van der Waals surface area contributed by atoms with E-state index >= 15 is 0 Å². The van der Waals surface area contributed by atoms with Gasteiger partial charge < -0.3 is 9.52 Å². The Kier molecular flexibility index (Phi) is 2.38. The number of nitrogens with zero attached hydrogens (tertiary/aromatic N) is 1. The summed E-state index contributed by atoms with van der Waals surface area (Å²) in [5, 5.41) is 11.2. The van der Waals surface area contributed by atoms with Gasteiger partial charge in [-0.05, 0) is 18.2 Å². The highest BCUT2D eigenvalue weighted by Gasteiger charge is 2.15. The monoisotopic (exact) mass is 225 g/mol. The van der Waals surface area contributed by atoms with Crippen LogP contribution in [0.15, 0.2) is 59.3 Å². The zero-order valence-electron chi connectivity index (χ0n) is 9.08. The van der Waals surface area contributed by atoms with Crippen LogP contribution in [0.5, 0.6) is 0 Å². The number of aliphatic hydroxyl groups excluding tert-OH is 1. The third kappa shape index (κ3) is 1.81. The van der Waals surface area contributed by atoms with Gasteiger partial charge in [0.2, 0.25) is 0 Å². The lowest BCUT2D eigenvalue weighted by molar-refractivity contribution is 0.192. The second kappa shape index (κ2) is 4.03. The second-order valence-corrected chi connectivity index (χ2v) is 3.88. The van der Waals surface area contributed by atoms with Gasteiger partial charge in [0, 0.05) is 23.3 Å². The fourth-order valence-electron chi connectivity index (χ4n) is 1.84. The van der Waals surface area contributed by atoms with Crippen LogP contribution in [0.3, 0.4) is 0 Å². The van der Waals surface area contributed by atoms with Crippen molar-refractivity contribution in [2.75, 3.05) is 0 Å². The molecule has 2 aromatic heterocycles. The molecule has 0 bridgehead atoms. The number of aromatic nitrogens is 1. The molecule has 0 saturated heterocycles. The quantitative estimate of drug-likeness (QED) is 0.729. The minimum Gasteiger partial charge on any atom is -0.458 e. The molecule has 1 N–H and O–H groups in total. The molecule has 0 amide bonds. The van der Waals surface area contributed by atoms with Crippen LogP contribution in [0.4, 0.5) is 0 Å². The summed E-state index contributed by atoms with van der Waals surface area (Å²) in [7, 11) is 0. The van der Waals surface area contributed by atoms with Crippen molar-refractivity contribution in [2.45, 2.75) is 6.10 Å². The highest BCUT2D eigenvalue weighted by Crippen LogP contribution is 2.27. The van der Waals surface area contributed by atoms with E-state index in [2.05, 4.69) is 4.98 Å². The first-order chi connectivity index (χ1) is 8.34. The number of furan rings is 1. The maximum atomic E-state index is 10.2. The standard InChI is InChI=1S/C14H11NO2/c16-14(11-5-3-7-15-9-11)13-8-10-4-1-2-6-12(10)17-13/h1-9,14,16H. The van der Waals surface area contributed by atoms with Crippen LogP contribution < -0.4 is 0 Å². The molecule has 0 fully saturated rings. The van der Waals surface area contributed by atoms with Crippen LogP contribution in [0.2, 0.25) is 0 Å². The SMILES string of the molecule is OC(c1cccnc1)c1cc2ccccc2o1. The largest absolute Gasteiger partial charge is 0.458 e. The first-order valence-corrected chi connectivity index (χ1v) is 5.41.